The zero-order chi connectivity index (χ0) is 9.26. The van der Waals surface area contributed by atoms with E-state index in [1.54, 1.807) is 0 Å². The second kappa shape index (κ2) is 4.81. The van der Waals surface area contributed by atoms with Crippen LogP contribution in [-0.2, 0) is 0 Å². The number of nitrogens with two attached hydrogens (primary N) is 1. The smallest absolute Gasteiger partial charge is 0.0297 e. The number of hydrogen-bond donors (Lipinski definition) is 1. The highest BCUT2D eigenvalue weighted by Crippen LogP contribution is 2.36. The molecular weight excluding hydrogens is 194 g/mol. The molecule has 0 amide bonds. The van der Waals surface area contributed by atoms with Crippen LogP contribution < -0.4 is 5.73 Å². The number of benzene rings is 1. The molecule has 0 unspecified atom stereocenters. The number of halogens is 1. The van der Waals surface area contributed by atoms with Crippen LogP contribution in [0.5, 0.6) is 0 Å². The van der Waals surface area contributed by atoms with Gasteiger partial charge in [0.05, 0.1) is 0 Å². The van der Waals surface area contributed by atoms with E-state index < -0.39 is 0 Å². The van der Waals surface area contributed by atoms with E-state index in [1.807, 2.05) is 0 Å². The fraction of sp³-hybridized carbons (Fsp3) is 0.500. The van der Waals surface area contributed by atoms with Gasteiger partial charge in [-0.2, -0.15) is 0 Å². The van der Waals surface area contributed by atoms with Crippen LogP contribution in [0.4, 0.5) is 0 Å². The van der Waals surface area contributed by atoms with Crippen LogP contribution >= 0.6 is 12.4 Å². The van der Waals surface area contributed by atoms with Crippen molar-refractivity contribution in [2.45, 2.75) is 32.2 Å². The third-order valence-corrected chi connectivity index (χ3v) is 2.79. The van der Waals surface area contributed by atoms with Crippen molar-refractivity contribution < 1.29 is 0 Å². The molecule has 1 nitrogen and oxygen atoms in total. The summed E-state index contributed by atoms with van der Waals surface area (Å²) < 4.78 is 0. The molecule has 0 radical (unpaired) electrons. The number of rotatable bonds is 3. The molecule has 1 aromatic carbocycles. The van der Waals surface area contributed by atoms with Crippen molar-refractivity contribution in [1.29, 1.82) is 0 Å². The van der Waals surface area contributed by atoms with E-state index in [0.717, 1.165) is 5.92 Å². The van der Waals surface area contributed by atoms with Crippen LogP contribution in [0.1, 0.15) is 36.4 Å². The largest absolute Gasteiger partial charge is 0.324 e. The SMILES string of the molecule is Cc1ccc([C@H](N)CC2CC2)cc1.Cl. The summed E-state index contributed by atoms with van der Waals surface area (Å²) in [6.45, 7) is 2.11. The second-order valence-corrected chi connectivity index (χ2v) is 4.20. The lowest BCUT2D eigenvalue weighted by Gasteiger charge is -2.11. The molecule has 1 aliphatic carbocycles. The molecule has 0 aliphatic heterocycles. The standard InChI is InChI=1S/C12H17N.ClH/c1-9-2-6-11(7-3-9)12(13)8-10-4-5-10;/h2-3,6-7,10,12H,4-5,8,13H2,1H3;1H/t12-;/m1./s1. The highest BCUT2D eigenvalue weighted by molar-refractivity contribution is 5.85. The van der Waals surface area contributed by atoms with Gasteiger partial charge in [0.15, 0.2) is 0 Å². The lowest BCUT2D eigenvalue weighted by atomic mass is 10.0. The quantitative estimate of drug-likeness (QED) is 0.817. The Morgan fingerprint density at radius 3 is 2.36 bits per heavy atom. The molecular formula is C12H18ClN. The Balaban J connectivity index is 0.000000980. The molecule has 0 aromatic heterocycles. The van der Waals surface area contributed by atoms with Gasteiger partial charge >= 0.3 is 0 Å². The first-order valence-corrected chi connectivity index (χ1v) is 5.08. The van der Waals surface area contributed by atoms with Crippen LogP contribution in [0.25, 0.3) is 0 Å². The van der Waals surface area contributed by atoms with Crippen LogP contribution in [-0.4, -0.2) is 0 Å². The molecule has 2 heteroatoms. The van der Waals surface area contributed by atoms with Crippen molar-refractivity contribution in [3.05, 3.63) is 35.4 Å². The van der Waals surface area contributed by atoms with Crippen molar-refractivity contribution in [3.63, 3.8) is 0 Å². The molecule has 0 bridgehead atoms. The summed E-state index contributed by atoms with van der Waals surface area (Å²) in [6, 6.07) is 8.85. The van der Waals surface area contributed by atoms with Crippen LogP contribution in [0.2, 0.25) is 0 Å². The maximum atomic E-state index is 6.09. The second-order valence-electron chi connectivity index (χ2n) is 4.20. The van der Waals surface area contributed by atoms with Gasteiger partial charge in [-0.1, -0.05) is 42.7 Å². The maximum absolute atomic E-state index is 6.09. The van der Waals surface area contributed by atoms with Crippen molar-refractivity contribution in [1.82, 2.24) is 0 Å². The van der Waals surface area contributed by atoms with Crippen LogP contribution in [0.15, 0.2) is 24.3 Å². The van der Waals surface area contributed by atoms with Gasteiger partial charge in [0.1, 0.15) is 0 Å². The van der Waals surface area contributed by atoms with E-state index in [-0.39, 0.29) is 18.4 Å². The summed E-state index contributed by atoms with van der Waals surface area (Å²) in [7, 11) is 0. The average molecular weight is 212 g/mol. The van der Waals surface area contributed by atoms with Crippen molar-refractivity contribution >= 4 is 12.4 Å². The first-order chi connectivity index (χ1) is 6.25. The van der Waals surface area contributed by atoms with Gasteiger partial charge in [0.25, 0.3) is 0 Å². The summed E-state index contributed by atoms with van der Waals surface area (Å²) in [5.74, 6) is 0.913. The Morgan fingerprint density at radius 1 is 1.29 bits per heavy atom. The van der Waals surface area contributed by atoms with Gasteiger partial charge in [-0.25, -0.2) is 0 Å². The van der Waals surface area contributed by atoms with Gasteiger partial charge in [0.2, 0.25) is 0 Å². The average Bonchev–Trinajstić information content (AvgIpc) is 2.89. The van der Waals surface area contributed by atoms with E-state index in [0.29, 0.717) is 0 Å². The van der Waals surface area contributed by atoms with Crippen molar-refractivity contribution in [2.75, 3.05) is 0 Å². The summed E-state index contributed by atoms with van der Waals surface area (Å²) in [4.78, 5) is 0. The fourth-order valence-electron chi connectivity index (χ4n) is 1.66. The zero-order valence-electron chi connectivity index (χ0n) is 8.57. The minimum Gasteiger partial charge on any atom is -0.324 e. The monoisotopic (exact) mass is 211 g/mol. The molecule has 0 heterocycles. The Morgan fingerprint density at radius 2 is 1.86 bits per heavy atom. The highest BCUT2D eigenvalue weighted by Gasteiger charge is 2.24. The van der Waals surface area contributed by atoms with E-state index in [9.17, 15) is 0 Å². The molecule has 1 aliphatic rings. The predicted octanol–water partition coefficient (Wildman–Crippen LogP) is 3.22. The van der Waals surface area contributed by atoms with E-state index in [4.69, 9.17) is 5.73 Å². The molecule has 1 saturated carbocycles. The van der Waals surface area contributed by atoms with Gasteiger partial charge in [-0.05, 0) is 24.8 Å². The normalized spacial score (nSPS) is 17.3. The minimum atomic E-state index is 0. The minimum absolute atomic E-state index is 0. The number of hydrogen-bond acceptors (Lipinski definition) is 1. The summed E-state index contributed by atoms with van der Waals surface area (Å²) in [5.41, 5.74) is 8.68. The van der Waals surface area contributed by atoms with Gasteiger partial charge in [0, 0.05) is 6.04 Å². The molecule has 1 atom stereocenters. The number of aryl methyl sites for hydroxylation is 1. The summed E-state index contributed by atoms with van der Waals surface area (Å²) in [6.07, 6.45) is 3.95. The Bertz CT molecular complexity index is 277. The van der Waals surface area contributed by atoms with Crippen LogP contribution in [0.3, 0.4) is 0 Å². The highest BCUT2D eigenvalue weighted by atomic mass is 35.5. The summed E-state index contributed by atoms with van der Waals surface area (Å²) in [5, 5.41) is 0. The molecule has 14 heavy (non-hydrogen) atoms. The molecule has 1 fully saturated rings. The lowest BCUT2D eigenvalue weighted by Crippen LogP contribution is -2.10. The third kappa shape index (κ3) is 3.00. The molecule has 2 rings (SSSR count). The molecule has 0 spiro atoms. The lowest BCUT2D eigenvalue weighted by molar-refractivity contribution is 0.597. The van der Waals surface area contributed by atoms with Gasteiger partial charge in [-0.15, -0.1) is 12.4 Å². The van der Waals surface area contributed by atoms with E-state index in [1.165, 1.54) is 30.4 Å². The first-order valence-electron chi connectivity index (χ1n) is 5.08. The molecule has 78 valence electrons. The van der Waals surface area contributed by atoms with E-state index in [2.05, 4.69) is 31.2 Å². The van der Waals surface area contributed by atoms with E-state index >= 15 is 0 Å². The first kappa shape index (κ1) is 11.5. The molecule has 0 saturated heterocycles. The third-order valence-electron chi connectivity index (χ3n) is 2.79. The molecule has 1 aromatic rings. The Labute approximate surface area is 92.1 Å². The topological polar surface area (TPSA) is 26.0 Å². The van der Waals surface area contributed by atoms with Gasteiger partial charge < -0.3 is 5.73 Å². The Kier molecular flexibility index (Phi) is 3.97. The Hall–Kier alpha value is -0.530. The summed E-state index contributed by atoms with van der Waals surface area (Å²) >= 11 is 0. The molecule has 2 N–H and O–H groups in total. The maximum Gasteiger partial charge on any atom is 0.0297 e. The van der Waals surface area contributed by atoms with Gasteiger partial charge in [-0.3, -0.25) is 0 Å². The predicted molar refractivity (Wildman–Crippen MR) is 62.7 cm³/mol. The fourth-order valence-corrected chi connectivity index (χ4v) is 1.66. The van der Waals surface area contributed by atoms with Crippen molar-refractivity contribution in [3.8, 4) is 0 Å². The zero-order valence-corrected chi connectivity index (χ0v) is 9.39. The van der Waals surface area contributed by atoms with Crippen molar-refractivity contribution in [2.24, 2.45) is 11.7 Å². The van der Waals surface area contributed by atoms with Crippen LogP contribution in [0, 0.1) is 12.8 Å².